The molecule has 5 heteroatoms. The summed E-state index contributed by atoms with van der Waals surface area (Å²) in [5, 5.41) is 10.9. The molecule has 1 N–H and O–H groups in total. The first-order valence-corrected chi connectivity index (χ1v) is 3.20. The Hall–Kier alpha value is -0.350. The number of hydrogen-bond acceptors (Lipinski definition) is 2. The minimum absolute atomic E-state index is 0. The van der Waals surface area contributed by atoms with Crippen molar-refractivity contribution in [1.29, 1.82) is 0 Å². The molecule has 0 spiro atoms. The van der Waals surface area contributed by atoms with Crippen LogP contribution in [0.1, 0.15) is 0 Å². The van der Waals surface area contributed by atoms with E-state index in [0.29, 0.717) is 5.02 Å². The zero-order valence-corrected chi connectivity index (χ0v) is 7.54. The van der Waals surface area contributed by atoms with Crippen LogP contribution in [0.25, 0.3) is 11.0 Å². The van der Waals surface area contributed by atoms with Gasteiger partial charge < -0.3 is 0 Å². The Morgan fingerprint density at radius 2 is 1.91 bits per heavy atom. The van der Waals surface area contributed by atoms with Gasteiger partial charge in [0.2, 0.25) is 0 Å². The Labute approximate surface area is 83.6 Å². The summed E-state index contributed by atoms with van der Waals surface area (Å²) in [6.07, 6.45) is 0. The van der Waals surface area contributed by atoms with E-state index in [1.165, 1.54) is 0 Å². The maximum Gasteiger partial charge on any atom is 1.00 e. The predicted molar refractivity (Wildman–Crippen MR) is 38.9 cm³/mol. The second-order valence-electron chi connectivity index (χ2n) is 1.96. The molecule has 3 nitrogen and oxygen atoms in total. The Balaban J connectivity index is 0.000000605. The molecule has 60 valence electrons. The van der Waals surface area contributed by atoms with Crippen molar-refractivity contribution < 1.29 is 22.4 Å². The molecular formula is C6H4AgClN3+. The molecule has 0 saturated carbocycles. The minimum atomic E-state index is 0. The molecule has 2 rings (SSSR count). The van der Waals surface area contributed by atoms with E-state index in [0.717, 1.165) is 11.0 Å². The van der Waals surface area contributed by atoms with Crippen LogP contribution in [-0.2, 0) is 22.4 Å². The molecule has 1 heterocycles. The normalized spacial score (nSPS) is 9.55. The Morgan fingerprint density at radius 3 is 2.73 bits per heavy atom. The summed E-state index contributed by atoms with van der Waals surface area (Å²) in [6.45, 7) is 0. The van der Waals surface area contributed by atoms with E-state index >= 15 is 0 Å². The molecule has 0 bridgehead atoms. The van der Waals surface area contributed by atoms with Crippen molar-refractivity contribution in [1.82, 2.24) is 15.4 Å². The van der Waals surface area contributed by atoms with Gasteiger partial charge in [-0.05, 0) is 18.2 Å². The standard InChI is InChI=1S/C6H4ClN3.Ag/c7-4-1-2-5-6(3-4)9-10-8-5;/h1-3H,(H,8,9,10);/q;+1. The SMILES string of the molecule is Clc1ccc2n[nH]nc2c1.[Ag+]. The first-order valence-electron chi connectivity index (χ1n) is 2.82. The van der Waals surface area contributed by atoms with Crippen molar-refractivity contribution in [2.24, 2.45) is 0 Å². The average Bonchev–Trinajstić information content (AvgIpc) is 2.33. The number of nitrogens with zero attached hydrogens (tertiary/aromatic N) is 2. The van der Waals surface area contributed by atoms with E-state index in [1.54, 1.807) is 12.1 Å². The predicted octanol–water partition coefficient (Wildman–Crippen LogP) is 1.61. The van der Waals surface area contributed by atoms with Crippen LogP contribution < -0.4 is 0 Å². The summed E-state index contributed by atoms with van der Waals surface area (Å²) in [4.78, 5) is 0. The van der Waals surface area contributed by atoms with E-state index in [4.69, 9.17) is 11.6 Å². The van der Waals surface area contributed by atoms with Crippen LogP contribution in [0.4, 0.5) is 0 Å². The van der Waals surface area contributed by atoms with E-state index in [1.807, 2.05) is 6.07 Å². The van der Waals surface area contributed by atoms with Crippen molar-refractivity contribution >= 4 is 22.6 Å². The van der Waals surface area contributed by atoms with Crippen LogP contribution in [0.2, 0.25) is 5.02 Å². The van der Waals surface area contributed by atoms with Gasteiger partial charge in [-0.25, -0.2) is 0 Å². The van der Waals surface area contributed by atoms with Crippen molar-refractivity contribution in [2.45, 2.75) is 0 Å². The molecule has 0 aliphatic carbocycles. The molecule has 1 aromatic heterocycles. The van der Waals surface area contributed by atoms with Crippen LogP contribution in [0.3, 0.4) is 0 Å². The fraction of sp³-hybridized carbons (Fsp3) is 0. The first kappa shape index (κ1) is 8.74. The van der Waals surface area contributed by atoms with Crippen LogP contribution in [0.5, 0.6) is 0 Å². The number of aromatic amines is 1. The number of nitrogens with one attached hydrogen (secondary N) is 1. The summed E-state index contributed by atoms with van der Waals surface area (Å²) in [7, 11) is 0. The summed E-state index contributed by atoms with van der Waals surface area (Å²) in [5.41, 5.74) is 1.64. The Morgan fingerprint density at radius 1 is 1.18 bits per heavy atom. The number of rotatable bonds is 0. The van der Waals surface area contributed by atoms with Crippen LogP contribution in [-0.4, -0.2) is 15.4 Å². The van der Waals surface area contributed by atoms with Gasteiger partial charge in [-0.2, -0.15) is 15.4 Å². The molecule has 0 amide bonds. The quantitative estimate of drug-likeness (QED) is 0.732. The molecular weight excluding hydrogens is 257 g/mol. The third-order valence-electron chi connectivity index (χ3n) is 1.28. The topological polar surface area (TPSA) is 41.6 Å². The minimum Gasteiger partial charge on any atom is -0.197 e. The van der Waals surface area contributed by atoms with E-state index < -0.39 is 0 Å². The van der Waals surface area contributed by atoms with Crippen molar-refractivity contribution in [2.75, 3.05) is 0 Å². The maximum absolute atomic E-state index is 5.69. The molecule has 2 aromatic rings. The Kier molecular flexibility index (Phi) is 2.67. The van der Waals surface area contributed by atoms with Gasteiger partial charge in [0, 0.05) is 5.02 Å². The largest absolute Gasteiger partial charge is 1.00 e. The monoisotopic (exact) mass is 260 g/mol. The van der Waals surface area contributed by atoms with Crippen LogP contribution in [0, 0.1) is 0 Å². The fourth-order valence-electron chi connectivity index (χ4n) is 0.813. The second kappa shape index (κ2) is 3.36. The van der Waals surface area contributed by atoms with Crippen molar-refractivity contribution in [3.63, 3.8) is 0 Å². The molecule has 0 atom stereocenters. The number of fused-ring (bicyclic) bond motifs is 1. The van der Waals surface area contributed by atoms with Gasteiger partial charge in [0.25, 0.3) is 0 Å². The molecule has 0 saturated heterocycles. The molecule has 0 aliphatic rings. The zero-order valence-electron chi connectivity index (χ0n) is 5.31. The molecule has 11 heavy (non-hydrogen) atoms. The summed E-state index contributed by atoms with van der Waals surface area (Å²) >= 11 is 5.69. The van der Waals surface area contributed by atoms with Crippen LogP contribution in [0.15, 0.2) is 18.2 Å². The van der Waals surface area contributed by atoms with Crippen LogP contribution >= 0.6 is 11.6 Å². The summed E-state index contributed by atoms with van der Waals surface area (Å²) < 4.78 is 0. The summed E-state index contributed by atoms with van der Waals surface area (Å²) in [6, 6.07) is 5.37. The first-order chi connectivity index (χ1) is 4.86. The van der Waals surface area contributed by atoms with Gasteiger partial charge in [0.15, 0.2) is 0 Å². The molecule has 0 aliphatic heterocycles. The maximum atomic E-state index is 5.69. The number of halogens is 1. The van der Waals surface area contributed by atoms with E-state index in [9.17, 15) is 0 Å². The number of hydrogen-bond donors (Lipinski definition) is 1. The smallest absolute Gasteiger partial charge is 0.197 e. The van der Waals surface area contributed by atoms with E-state index in [2.05, 4.69) is 15.4 Å². The fourth-order valence-corrected chi connectivity index (χ4v) is 0.980. The Bertz CT molecular complexity index is 359. The summed E-state index contributed by atoms with van der Waals surface area (Å²) in [5.74, 6) is 0. The second-order valence-corrected chi connectivity index (χ2v) is 2.39. The van der Waals surface area contributed by atoms with Gasteiger partial charge in [-0.3, -0.25) is 0 Å². The third-order valence-corrected chi connectivity index (χ3v) is 1.51. The molecule has 0 radical (unpaired) electrons. The van der Waals surface area contributed by atoms with Gasteiger partial charge in [-0.1, -0.05) is 11.6 Å². The molecule has 1 aromatic carbocycles. The molecule has 0 unspecified atom stereocenters. The number of H-pyrrole nitrogens is 1. The van der Waals surface area contributed by atoms with Gasteiger partial charge >= 0.3 is 22.4 Å². The van der Waals surface area contributed by atoms with Gasteiger partial charge in [0.05, 0.1) is 0 Å². The van der Waals surface area contributed by atoms with Gasteiger partial charge in [0.1, 0.15) is 11.0 Å². The third kappa shape index (κ3) is 1.62. The molecule has 0 fully saturated rings. The number of benzene rings is 1. The van der Waals surface area contributed by atoms with Gasteiger partial charge in [-0.15, -0.1) is 0 Å². The average molecular weight is 261 g/mol. The number of aromatic nitrogens is 3. The van der Waals surface area contributed by atoms with Crippen molar-refractivity contribution in [3.05, 3.63) is 23.2 Å². The van der Waals surface area contributed by atoms with Crippen molar-refractivity contribution in [3.8, 4) is 0 Å². The van der Waals surface area contributed by atoms with E-state index in [-0.39, 0.29) is 22.4 Å². The zero-order chi connectivity index (χ0) is 6.97.